The summed E-state index contributed by atoms with van der Waals surface area (Å²) >= 11 is 0. The number of carbonyl (C=O) groups excluding carboxylic acids is 2. The van der Waals surface area contributed by atoms with Crippen LogP contribution < -0.4 is 4.74 Å². The minimum Gasteiger partial charge on any atom is -0.492 e. The number of benzene rings is 3. The molecule has 3 aromatic carbocycles. The number of likely N-dealkylation sites (tertiary alicyclic amines) is 1. The number of carbonyl (C=O) groups is 2. The number of rotatable bonds is 6. The molecule has 0 amide bonds. The summed E-state index contributed by atoms with van der Waals surface area (Å²) in [5.41, 5.74) is 2.78. The van der Waals surface area contributed by atoms with Gasteiger partial charge >= 0.3 is 0 Å². The Morgan fingerprint density at radius 3 is 2.77 bits per heavy atom. The van der Waals surface area contributed by atoms with Crippen molar-refractivity contribution in [3.05, 3.63) is 77.4 Å². The van der Waals surface area contributed by atoms with Crippen LogP contribution in [0, 0.1) is 5.92 Å². The maximum absolute atomic E-state index is 12.8. The molecule has 4 heteroatoms. The topological polar surface area (TPSA) is 46.6 Å². The molecule has 2 aliphatic heterocycles. The third-order valence-corrected chi connectivity index (χ3v) is 6.54. The SMILES string of the molecule is O=C(CCN1CCC(Cc2ccccc2)C1)c1ccc2cc3c(cc2c1)OCCC3=O. The summed E-state index contributed by atoms with van der Waals surface area (Å²) in [6, 6.07) is 20.2. The standard InChI is InChI=1S/C27H27NO3/c29-25(9-12-28-11-8-20(18-28)14-19-4-2-1-3-5-19)22-7-6-21-16-24-26(30)10-13-31-27(24)17-23(21)15-22/h1-7,15-17,20H,8-14,18H2. The first-order valence-electron chi connectivity index (χ1n) is 11.2. The molecule has 0 spiro atoms. The van der Waals surface area contributed by atoms with Gasteiger partial charge in [0.1, 0.15) is 5.75 Å². The molecule has 0 saturated carbocycles. The summed E-state index contributed by atoms with van der Waals surface area (Å²) in [7, 11) is 0. The lowest BCUT2D eigenvalue weighted by Gasteiger charge is -2.17. The molecule has 2 aliphatic rings. The molecule has 1 atom stereocenters. The molecule has 1 saturated heterocycles. The van der Waals surface area contributed by atoms with Crippen LogP contribution in [0.25, 0.3) is 10.8 Å². The molecule has 3 aromatic rings. The molecule has 0 radical (unpaired) electrons. The van der Waals surface area contributed by atoms with Crippen LogP contribution in [-0.2, 0) is 6.42 Å². The molecule has 0 bridgehead atoms. The van der Waals surface area contributed by atoms with Crippen LogP contribution in [0.1, 0.15) is 45.5 Å². The fourth-order valence-electron chi connectivity index (χ4n) is 4.81. The number of hydrogen-bond donors (Lipinski definition) is 0. The number of hydrogen-bond acceptors (Lipinski definition) is 4. The Morgan fingerprint density at radius 1 is 1.03 bits per heavy atom. The highest BCUT2D eigenvalue weighted by Crippen LogP contribution is 2.31. The van der Waals surface area contributed by atoms with E-state index in [9.17, 15) is 9.59 Å². The molecule has 0 aromatic heterocycles. The first kappa shape index (κ1) is 20.0. The Balaban J connectivity index is 1.20. The Labute approximate surface area is 182 Å². The molecular weight excluding hydrogens is 386 g/mol. The summed E-state index contributed by atoms with van der Waals surface area (Å²) < 4.78 is 5.66. The largest absolute Gasteiger partial charge is 0.492 e. The summed E-state index contributed by atoms with van der Waals surface area (Å²) in [4.78, 5) is 27.4. The van der Waals surface area contributed by atoms with Crippen molar-refractivity contribution in [3.63, 3.8) is 0 Å². The summed E-state index contributed by atoms with van der Waals surface area (Å²) in [6.45, 7) is 3.37. The molecule has 158 valence electrons. The van der Waals surface area contributed by atoms with E-state index in [1.807, 2.05) is 30.3 Å². The van der Waals surface area contributed by atoms with Crippen LogP contribution in [0.3, 0.4) is 0 Å². The first-order valence-corrected chi connectivity index (χ1v) is 11.2. The van der Waals surface area contributed by atoms with Gasteiger partial charge in [-0.15, -0.1) is 0 Å². The summed E-state index contributed by atoms with van der Waals surface area (Å²) in [5.74, 6) is 1.60. The predicted molar refractivity (Wildman–Crippen MR) is 122 cm³/mol. The molecule has 1 fully saturated rings. The third kappa shape index (κ3) is 4.40. The molecule has 31 heavy (non-hydrogen) atoms. The predicted octanol–water partition coefficient (Wildman–Crippen LogP) is 4.94. The van der Waals surface area contributed by atoms with E-state index >= 15 is 0 Å². The van der Waals surface area contributed by atoms with Crippen molar-refractivity contribution in [3.8, 4) is 5.75 Å². The highest BCUT2D eigenvalue weighted by Gasteiger charge is 2.23. The zero-order valence-corrected chi connectivity index (χ0v) is 17.7. The summed E-state index contributed by atoms with van der Waals surface area (Å²) in [6.07, 6.45) is 3.27. The monoisotopic (exact) mass is 413 g/mol. The molecule has 2 heterocycles. The van der Waals surface area contributed by atoms with Crippen LogP contribution in [-0.4, -0.2) is 42.7 Å². The minimum absolute atomic E-state index is 0.125. The molecular formula is C27H27NO3. The van der Waals surface area contributed by atoms with Gasteiger partial charge in [0.15, 0.2) is 11.6 Å². The van der Waals surface area contributed by atoms with Crippen molar-refractivity contribution in [1.82, 2.24) is 4.90 Å². The Bertz CT molecular complexity index is 1120. The Kier molecular flexibility index (Phi) is 5.56. The fourth-order valence-corrected chi connectivity index (χ4v) is 4.81. The maximum Gasteiger partial charge on any atom is 0.170 e. The van der Waals surface area contributed by atoms with Gasteiger partial charge < -0.3 is 9.64 Å². The van der Waals surface area contributed by atoms with Gasteiger partial charge in [-0.1, -0.05) is 42.5 Å². The highest BCUT2D eigenvalue weighted by molar-refractivity contribution is 6.05. The van der Waals surface area contributed by atoms with Crippen LogP contribution in [0.5, 0.6) is 5.75 Å². The van der Waals surface area contributed by atoms with E-state index in [0.717, 1.165) is 42.4 Å². The molecule has 0 aliphatic carbocycles. The van der Waals surface area contributed by atoms with Gasteiger partial charge in [-0.05, 0) is 59.8 Å². The van der Waals surface area contributed by atoms with E-state index in [-0.39, 0.29) is 11.6 Å². The van der Waals surface area contributed by atoms with Crippen molar-refractivity contribution < 1.29 is 14.3 Å². The second kappa shape index (κ2) is 8.64. The lowest BCUT2D eigenvalue weighted by atomic mass is 9.97. The average molecular weight is 414 g/mol. The molecule has 4 nitrogen and oxygen atoms in total. The minimum atomic E-state index is 0.125. The molecule has 5 rings (SSSR count). The quantitative estimate of drug-likeness (QED) is 0.537. The Morgan fingerprint density at radius 2 is 1.90 bits per heavy atom. The highest BCUT2D eigenvalue weighted by atomic mass is 16.5. The van der Waals surface area contributed by atoms with Gasteiger partial charge in [-0.2, -0.15) is 0 Å². The number of nitrogens with zero attached hydrogens (tertiary/aromatic N) is 1. The van der Waals surface area contributed by atoms with Gasteiger partial charge in [0.2, 0.25) is 0 Å². The number of Topliss-reactive ketones (excluding diaryl/α,β-unsaturated/α-hetero) is 2. The smallest absolute Gasteiger partial charge is 0.170 e. The lowest BCUT2D eigenvalue weighted by molar-refractivity contribution is 0.0931. The maximum atomic E-state index is 12.8. The van der Waals surface area contributed by atoms with Crippen molar-refractivity contribution in [2.75, 3.05) is 26.2 Å². The average Bonchev–Trinajstić information content (AvgIpc) is 3.24. The van der Waals surface area contributed by atoms with Crippen LogP contribution in [0.4, 0.5) is 0 Å². The third-order valence-electron chi connectivity index (χ3n) is 6.54. The number of ether oxygens (including phenoxy) is 1. The van der Waals surface area contributed by atoms with Gasteiger partial charge in [0.05, 0.1) is 12.2 Å². The summed E-state index contributed by atoms with van der Waals surface area (Å²) in [5, 5.41) is 1.92. The lowest BCUT2D eigenvalue weighted by Crippen LogP contribution is -2.24. The normalized spacial score (nSPS) is 18.7. The zero-order chi connectivity index (χ0) is 21.2. The van der Waals surface area contributed by atoms with Gasteiger partial charge in [0.25, 0.3) is 0 Å². The van der Waals surface area contributed by atoms with Crippen molar-refractivity contribution in [1.29, 1.82) is 0 Å². The number of fused-ring (bicyclic) bond motifs is 2. The second-order valence-corrected chi connectivity index (χ2v) is 8.75. The first-order chi connectivity index (χ1) is 15.2. The molecule has 0 N–H and O–H groups in total. The van der Waals surface area contributed by atoms with E-state index in [4.69, 9.17) is 4.74 Å². The van der Waals surface area contributed by atoms with Gasteiger partial charge in [-0.3, -0.25) is 9.59 Å². The van der Waals surface area contributed by atoms with Gasteiger partial charge in [-0.25, -0.2) is 0 Å². The van der Waals surface area contributed by atoms with E-state index in [0.29, 0.717) is 36.7 Å². The molecule has 1 unspecified atom stereocenters. The van der Waals surface area contributed by atoms with E-state index in [1.54, 1.807) is 0 Å². The second-order valence-electron chi connectivity index (χ2n) is 8.75. The van der Waals surface area contributed by atoms with E-state index in [2.05, 4.69) is 35.2 Å². The van der Waals surface area contributed by atoms with E-state index < -0.39 is 0 Å². The van der Waals surface area contributed by atoms with Crippen molar-refractivity contribution >= 4 is 22.3 Å². The fraction of sp³-hybridized carbons (Fsp3) is 0.333. The van der Waals surface area contributed by atoms with Crippen molar-refractivity contribution in [2.24, 2.45) is 5.92 Å². The van der Waals surface area contributed by atoms with E-state index in [1.165, 1.54) is 12.0 Å². The zero-order valence-electron chi connectivity index (χ0n) is 17.7. The van der Waals surface area contributed by atoms with Crippen molar-refractivity contribution in [2.45, 2.75) is 25.7 Å². The van der Waals surface area contributed by atoms with Crippen LogP contribution in [0.15, 0.2) is 60.7 Å². The van der Waals surface area contributed by atoms with Crippen LogP contribution >= 0.6 is 0 Å². The number of ketones is 2. The van der Waals surface area contributed by atoms with Crippen LogP contribution in [0.2, 0.25) is 0 Å². The Hall–Kier alpha value is -2.98. The van der Waals surface area contributed by atoms with Gasteiger partial charge in [0, 0.05) is 31.5 Å².